The van der Waals surface area contributed by atoms with Gasteiger partial charge in [0.05, 0.1) is 10.6 Å². The molecule has 0 saturated heterocycles. The Morgan fingerprint density at radius 2 is 1.74 bits per heavy atom. The molecule has 138 valence electrons. The van der Waals surface area contributed by atoms with Gasteiger partial charge in [-0.3, -0.25) is 10.1 Å². The Morgan fingerprint density at radius 1 is 1.07 bits per heavy atom. The number of aromatic nitrogens is 1. The van der Waals surface area contributed by atoms with Crippen LogP contribution >= 0.6 is 11.3 Å². The van der Waals surface area contributed by atoms with Crippen LogP contribution in [0.2, 0.25) is 0 Å². The van der Waals surface area contributed by atoms with Crippen LogP contribution < -0.4 is 5.32 Å². The van der Waals surface area contributed by atoms with Crippen LogP contribution in [0.1, 0.15) is 11.1 Å². The van der Waals surface area contributed by atoms with Gasteiger partial charge in [-0.05, 0) is 30.7 Å². The summed E-state index contributed by atoms with van der Waals surface area (Å²) in [5, 5.41) is 5.03. The van der Waals surface area contributed by atoms with E-state index in [9.17, 15) is 13.2 Å². The molecule has 1 aromatic heterocycles. The quantitative estimate of drug-likeness (QED) is 0.654. The van der Waals surface area contributed by atoms with E-state index in [1.165, 1.54) is 23.7 Å². The van der Waals surface area contributed by atoms with Crippen molar-refractivity contribution in [3.05, 3.63) is 71.1 Å². The highest BCUT2D eigenvalue weighted by Gasteiger charge is 2.09. The number of sulfone groups is 1. The number of nitrogens with zero attached hydrogens (tertiary/aromatic N) is 1. The Kier molecular flexibility index (Phi) is 5.53. The first-order valence-corrected chi connectivity index (χ1v) is 10.9. The van der Waals surface area contributed by atoms with Crippen molar-refractivity contribution in [1.82, 2.24) is 4.98 Å². The van der Waals surface area contributed by atoms with Crippen LogP contribution in [0.3, 0.4) is 0 Å². The van der Waals surface area contributed by atoms with Crippen molar-refractivity contribution >= 4 is 38.3 Å². The lowest BCUT2D eigenvalue weighted by Gasteiger charge is -2.00. The first-order valence-electron chi connectivity index (χ1n) is 8.13. The molecule has 3 rings (SSSR count). The fourth-order valence-corrected chi connectivity index (χ4v) is 3.69. The van der Waals surface area contributed by atoms with Gasteiger partial charge in [-0.2, -0.15) is 0 Å². The first kappa shape index (κ1) is 19.0. The predicted octanol–water partition coefficient (Wildman–Crippen LogP) is 4.17. The minimum absolute atomic E-state index is 0.260. The monoisotopic (exact) mass is 398 g/mol. The second kappa shape index (κ2) is 7.85. The smallest absolute Gasteiger partial charge is 0.250 e. The number of aryl methyl sites for hydroxylation is 1. The van der Waals surface area contributed by atoms with Crippen LogP contribution in [-0.2, 0) is 14.6 Å². The number of carbonyl (C=O) groups is 1. The second-order valence-electron chi connectivity index (χ2n) is 6.07. The van der Waals surface area contributed by atoms with Crippen molar-refractivity contribution in [3.63, 3.8) is 0 Å². The molecule has 0 bridgehead atoms. The molecule has 3 aromatic rings. The van der Waals surface area contributed by atoms with Gasteiger partial charge in [0.2, 0.25) is 5.91 Å². The molecule has 1 N–H and O–H groups in total. The third kappa shape index (κ3) is 5.12. The highest BCUT2D eigenvalue weighted by atomic mass is 32.2. The van der Waals surface area contributed by atoms with Crippen molar-refractivity contribution in [1.29, 1.82) is 0 Å². The molecule has 0 spiro atoms. The average Bonchev–Trinajstić information content (AvgIpc) is 3.09. The van der Waals surface area contributed by atoms with Gasteiger partial charge >= 0.3 is 0 Å². The maximum absolute atomic E-state index is 12.1. The maximum atomic E-state index is 12.1. The average molecular weight is 399 g/mol. The summed E-state index contributed by atoms with van der Waals surface area (Å²) in [6, 6.07) is 14.4. The van der Waals surface area contributed by atoms with Crippen molar-refractivity contribution < 1.29 is 13.2 Å². The van der Waals surface area contributed by atoms with Gasteiger partial charge in [0.1, 0.15) is 0 Å². The van der Waals surface area contributed by atoms with Gasteiger partial charge < -0.3 is 0 Å². The Hall–Kier alpha value is -2.77. The van der Waals surface area contributed by atoms with Crippen molar-refractivity contribution in [3.8, 4) is 11.3 Å². The highest BCUT2D eigenvalue weighted by Crippen LogP contribution is 2.26. The first-order chi connectivity index (χ1) is 12.8. The van der Waals surface area contributed by atoms with E-state index in [0.29, 0.717) is 10.8 Å². The maximum Gasteiger partial charge on any atom is 0.250 e. The van der Waals surface area contributed by atoms with Gasteiger partial charge in [0.25, 0.3) is 0 Å². The lowest BCUT2D eigenvalue weighted by Crippen LogP contribution is -2.07. The lowest BCUT2D eigenvalue weighted by molar-refractivity contribution is -0.111. The standard InChI is InChI=1S/C20H18N2O3S2/c1-14-3-5-15(6-4-14)7-12-19(23)22-20-21-18(13-26-20)16-8-10-17(11-9-16)27(2,24)25/h3-13H,1-2H3,(H,21,22,23)/b12-7+. The topological polar surface area (TPSA) is 76.1 Å². The molecule has 5 nitrogen and oxygen atoms in total. The molecule has 0 fully saturated rings. The molecule has 1 amide bonds. The van der Waals surface area contributed by atoms with Gasteiger partial charge in [-0.1, -0.05) is 42.0 Å². The summed E-state index contributed by atoms with van der Waals surface area (Å²) in [5.74, 6) is -0.260. The zero-order chi connectivity index (χ0) is 19.4. The number of hydrogen-bond acceptors (Lipinski definition) is 5. The highest BCUT2D eigenvalue weighted by molar-refractivity contribution is 7.90. The Morgan fingerprint density at radius 3 is 2.37 bits per heavy atom. The molecular formula is C20H18N2O3S2. The van der Waals surface area contributed by atoms with Crippen molar-refractivity contribution in [2.24, 2.45) is 0 Å². The molecule has 0 aliphatic carbocycles. The summed E-state index contributed by atoms with van der Waals surface area (Å²) in [4.78, 5) is 16.7. The number of rotatable bonds is 5. The number of nitrogens with one attached hydrogen (secondary N) is 1. The van der Waals surface area contributed by atoms with Crippen LogP contribution in [0, 0.1) is 6.92 Å². The molecule has 0 radical (unpaired) electrons. The van der Waals surface area contributed by atoms with Gasteiger partial charge in [0.15, 0.2) is 15.0 Å². The SMILES string of the molecule is Cc1ccc(/C=C/C(=O)Nc2nc(-c3ccc(S(C)(=O)=O)cc3)cs2)cc1. The van der Waals surface area contributed by atoms with Gasteiger partial charge in [0, 0.05) is 23.3 Å². The number of thiazole rings is 1. The largest absolute Gasteiger partial charge is 0.298 e. The lowest BCUT2D eigenvalue weighted by atomic mass is 10.1. The zero-order valence-corrected chi connectivity index (χ0v) is 16.5. The van der Waals surface area contributed by atoms with E-state index < -0.39 is 9.84 Å². The van der Waals surface area contributed by atoms with Crippen LogP contribution in [0.15, 0.2) is 64.9 Å². The van der Waals surface area contributed by atoms with E-state index >= 15 is 0 Å². The molecule has 0 aliphatic rings. The molecule has 0 atom stereocenters. The number of anilines is 1. The van der Waals surface area contributed by atoms with Gasteiger partial charge in [-0.15, -0.1) is 11.3 Å². The Balaban J connectivity index is 1.67. The number of carbonyl (C=O) groups excluding carboxylic acids is 1. The molecule has 7 heteroatoms. The van der Waals surface area contributed by atoms with E-state index in [-0.39, 0.29) is 10.8 Å². The molecule has 1 heterocycles. The second-order valence-corrected chi connectivity index (χ2v) is 8.94. The molecule has 2 aromatic carbocycles. The van der Waals surface area contributed by atoms with E-state index in [2.05, 4.69) is 10.3 Å². The summed E-state index contributed by atoms with van der Waals surface area (Å²) in [6.07, 6.45) is 4.38. The van der Waals surface area contributed by atoms with Crippen LogP contribution in [0.25, 0.3) is 17.3 Å². The summed E-state index contributed by atoms with van der Waals surface area (Å²) in [7, 11) is -3.23. The summed E-state index contributed by atoms with van der Waals surface area (Å²) in [6.45, 7) is 2.01. The van der Waals surface area contributed by atoms with Crippen LogP contribution in [-0.4, -0.2) is 25.6 Å². The Bertz CT molecular complexity index is 1080. The molecule has 0 saturated carbocycles. The fourth-order valence-electron chi connectivity index (χ4n) is 2.33. The number of hydrogen-bond donors (Lipinski definition) is 1. The molecular weight excluding hydrogens is 380 g/mol. The third-order valence-corrected chi connectivity index (χ3v) is 5.70. The van der Waals surface area contributed by atoms with E-state index in [1.807, 2.05) is 36.6 Å². The normalized spacial score (nSPS) is 11.6. The van der Waals surface area contributed by atoms with E-state index in [0.717, 1.165) is 16.7 Å². The number of benzene rings is 2. The predicted molar refractivity (Wildman–Crippen MR) is 110 cm³/mol. The minimum Gasteiger partial charge on any atom is -0.298 e. The third-order valence-electron chi connectivity index (χ3n) is 3.82. The molecule has 0 unspecified atom stereocenters. The summed E-state index contributed by atoms with van der Waals surface area (Å²) >= 11 is 1.31. The zero-order valence-electron chi connectivity index (χ0n) is 14.8. The minimum atomic E-state index is -3.23. The Labute approximate surface area is 162 Å². The van der Waals surface area contributed by atoms with E-state index in [1.54, 1.807) is 30.3 Å². The summed E-state index contributed by atoms with van der Waals surface area (Å²) in [5.41, 5.74) is 3.57. The fraction of sp³-hybridized carbons (Fsp3) is 0.100. The van der Waals surface area contributed by atoms with Crippen molar-refractivity contribution in [2.45, 2.75) is 11.8 Å². The van der Waals surface area contributed by atoms with Gasteiger partial charge in [-0.25, -0.2) is 13.4 Å². The van der Waals surface area contributed by atoms with Crippen LogP contribution in [0.4, 0.5) is 5.13 Å². The van der Waals surface area contributed by atoms with E-state index in [4.69, 9.17) is 0 Å². The molecule has 0 aliphatic heterocycles. The number of amides is 1. The molecule has 27 heavy (non-hydrogen) atoms. The van der Waals surface area contributed by atoms with Crippen LogP contribution in [0.5, 0.6) is 0 Å². The summed E-state index contributed by atoms with van der Waals surface area (Å²) < 4.78 is 23.0. The van der Waals surface area contributed by atoms with Crippen molar-refractivity contribution in [2.75, 3.05) is 11.6 Å².